The van der Waals surface area contributed by atoms with Crippen LogP contribution in [0.5, 0.6) is 11.5 Å². The Morgan fingerprint density at radius 1 is 1.44 bits per heavy atom. The summed E-state index contributed by atoms with van der Waals surface area (Å²) in [5.74, 6) is 1.56. The predicted molar refractivity (Wildman–Crippen MR) is 95.3 cm³/mol. The third-order valence-corrected chi connectivity index (χ3v) is 4.55. The molecule has 0 fully saturated rings. The van der Waals surface area contributed by atoms with E-state index >= 15 is 0 Å². The Labute approximate surface area is 148 Å². The summed E-state index contributed by atoms with van der Waals surface area (Å²) >= 11 is 0. The molecule has 0 spiro atoms. The molecular weight excluding hydrogens is 318 g/mol. The molecule has 25 heavy (non-hydrogen) atoms. The molecule has 1 aliphatic heterocycles. The highest BCUT2D eigenvalue weighted by molar-refractivity contribution is 5.96. The topological polar surface area (TPSA) is 65.4 Å². The van der Waals surface area contributed by atoms with E-state index in [4.69, 9.17) is 9.47 Å². The molecule has 6 heteroatoms. The van der Waals surface area contributed by atoms with Crippen molar-refractivity contribution in [3.63, 3.8) is 0 Å². The summed E-state index contributed by atoms with van der Waals surface area (Å²) in [5, 5.41) is 7.28. The number of carbonyl (C=O) groups is 1. The molecule has 0 radical (unpaired) electrons. The fourth-order valence-electron chi connectivity index (χ4n) is 3.28. The SMILES string of the molecule is CCOc1cc2c(cc1CNC(=O)c1c(C)nn(C)c1C)O[C@H](C)C2. The summed E-state index contributed by atoms with van der Waals surface area (Å²) in [6.45, 7) is 8.71. The van der Waals surface area contributed by atoms with Gasteiger partial charge in [0.2, 0.25) is 0 Å². The minimum Gasteiger partial charge on any atom is -0.494 e. The second kappa shape index (κ2) is 6.78. The molecule has 0 saturated heterocycles. The van der Waals surface area contributed by atoms with Gasteiger partial charge < -0.3 is 14.8 Å². The molecule has 1 atom stereocenters. The zero-order valence-electron chi connectivity index (χ0n) is 15.5. The van der Waals surface area contributed by atoms with E-state index in [1.807, 2.05) is 40.0 Å². The smallest absolute Gasteiger partial charge is 0.255 e. The van der Waals surface area contributed by atoms with Gasteiger partial charge in [-0.2, -0.15) is 5.10 Å². The van der Waals surface area contributed by atoms with Gasteiger partial charge >= 0.3 is 0 Å². The van der Waals surface area contributed by atoms with Gasteiger partial charge in [-0.15, -0.1) is 0 Å². The lowest BCUT2D eigenvalue weighted by atomic mass is 10.1. The number of fused-ring (bicyclic) bond motifs is 1. The third-order valence-electron chi connectivity index (χ3n) is 4.55. The van der Waals surface area contributed by atoms with Crippen LogP contribution in [-0.2, 0) is 20.0 Å². The van der Waals surface area contributed by atoms with Crippen LogP contribution < -0.4 is 14.8 Å². The van der Waals surface area contributed by atoms with Crippen molar-refractivity contribution in [2.75, 3.05) is 6.61 Å². The number of nitrogens with zero attached hydrogens (tertiary/aromatic N) is 2. The summed E-state index contributed by atoms with van der Waals surface area (Å²) in [5.41, 5.74) is 4.29. The molecule has 0 unspecified atom stereocenters. The minimum absolute atomic E-state index is 0.125. The highest BCUT2D eigenvalue weighted by atomic mass is 16.5. The highest BCUT2D eigenvalue weighted by Crippen LogP contribution is 2.35. The Morgan fingerprint density at radius 3 is 2.84 bits per heavy atom. The number of ether oxygens (including phenoxy) is 2. The number of rotatable bonds is 5. The summed E-state index contributed by atoms with van der Waals surface area (Å²) in [4.78, 5) is 12.6. The maximum Gasteiger partial charge on any atom is 0.255 e. The van der Waals surface area contributed by atoms with E-state index in [0.29, 0.717) is 18.7 Å². The van der Waals surface area contributed by atoms with Crippen molar-refractivity contribution in [3.8, 4) is 11.5 Å². The van der Waals surface area contributed by atoms with Crippen LogP contribution in [-0.4, -0.2) is 28.4 Å². The van der Waals surface area contributed by atoms with Crippen LogP contribution in [0.15, 0.2) is 12.1 Å². The van der Waals surface area contributed by atoms with Crippen molar-refractivity contribution in [2.24, 2.45) is 7.05 Å². The first-order valence-corrected chi connectivity index (χ1v) is 8.64. The molecule has 0 aliphatic carbocycles. The number of hydrogen-bond acceptors (Lipinski definition) is 4. The lowest BCUT2D eigenvalue weighted by molar-refractivity contribution is 0.0949. The number of aryl methyl sites for hydroxylation is 2. The van der Waals surface area contributed by atoms with Crippen molar-refractivity contribution in [2.45, 2.75) is 46.8 Å². The van der Waals surface area contributed by atoms with Crippen LogP contribution in [0.4, 0.5) is 0 Å². The van der Waals surface area contributed by atoms with Gasteiger partial charge in [0.1, 0.15) is 17.6 Å². The maximum absolute atomic E-state index is 12.6. The van der Waals surface area contributed by atoms with Crippen molar-refractivity contribution in [3.05, 3.63) is 40.2 Å². The largest absolute Gasteiger partial charge is 0.494 e. The number of hydrogen-bond donors (Lipinski definition) is 1. The van der Waals surface area contributed by atoms with E-state index in [1.165, 1.54) is 0 Å². The average molecular weight is 343 g/mol. The van der Waals surface area contributed by atoms with E-state index in [-0.39, 0.29) is 12.0 Å². The number of nitrogens with one attached hydrogen (secondary N) is 1. The fourth-order valence-corrected chi connectivity index (χ4v) is 3.28. The lowest BCUT2D eigenvalue weighted by Gasteiger charge is -2.13. The lowest BCUT2D eigenvalue weighted by Crippen LogP contribution is -2.24. The molecule has 134 valence electrons. The van der Waals surface area contributed by atoms with Gasteiger partial charge in [0.25, 0.3) is 5.91 Å². The van der Waals surface area contributed by atoms with Crippen LogP contribution >= 0.6 is 0 Å². The van der Waals surface area contributed by atoms with Gasteiger partial charge in [-0.25, -0.2) is 0 Å². The van der Waals surface area contributed by atoms with Crippen LogP contribution in [0.2, 0.25) is 0 Å². The number of carbonyl (C=O) groups excluding carboxylic acids is 1. The van der Waals surface area contributed by atoms with E-state index in [9.17, 15) is 4.79 Å². The number of amides is 1. The van der Waals surface area contributed by atoms with Gasteiger partial charge in [-0.3, -0.25) is 9.48 Å². The Bertz CT molecular complexity index is 811. The molecule has 2 aromatic rings. The standard InChI is InChI=1S/C19H25N3O3/c1-6-24-16-8-14-7-11(2)25-17(14)9-15(16)10-20-19(23)18-12(3)21-22(5)13(18)4/h8-9,11H,6-7,10H2,1-5H3,(H,20,23)/t11-/m1/s1. The molecule has 1 N–H and O–H groups in total. The normalized spacial score (nSPS) is 15.6. The van der Waals surface area contributed by atoms with E-state index in [0.717, 1.165) is 40.4 Å². The Balaban J connectivity index is 1.80. The van der Waals surface area contributed by atoms with E-state index in [2.05, 4.69) is 17.3 Å². The zero-order valence-corrected chi connectivity index (χ0v) is 15.5. The Kier molecular flexibility index (Phi) is 4.70. The molecule has 0 saturated carbocycles. The average Bonchev–Trinajstić information content (AvgIpc) is 3.03. The van der Waals surface area contributed by atoms with E-state index < -0.39 is 0 Å². The first-order valence-electron chi connectivity index (χ1n) is 8.64. The van der Waals surface area contributed by atoms with Gasteiger partial charge in [0.05, 0.1) is 17.9 Å². The molecule has 1 amide bonds. The minimum atomic E-state index is -0.125. The van der Waals surface area contributed by atoms with Crippen LogP contribution in [0.1, 0.15) is 46.7 Å². The van der Waals surface area contributed by atoms with Crippen molar-refractivity contribution in [1.82, 2.24) is 15.1 Å². The van der Waals surface area contributed by atoms with Gasteiger partial charge in [-0.05, 0) is 39.8 Å². The number of aromatic nitrogens is 2. The molecule has 2 heterocycles. The van der Waals surface area contributed by atoms with Gasteiger partial charge in [-0.1, -0.05) is 0 Å². The fraction of sp³-hybridized carbons (Fsp3) is 0.474. The summed E-state index contributed by atoms with van der Waals surface area (Å²) in [7, 11) is 1.84. The highest BCUT2D eigenvalue weighted by Gasteiger charge is 2.23. The molecule has 1 aromatic heterocycles. The van der Waals surface area contributed by atoms with Crippen molar-refractivity contribution >= 4 is 5.91 Å². The number of benzene rings is 1. The summed E-state index contributed by atoms with van der Waals surface area (Å²) < 4.78 is 13.3. The second-order valence-corrected chi connectivity index (χ2v) is 6.49. The van der Waals surface area contributed by atoms with Crippen molar-refractivity contribution < 1.29 is 14.3 Å². The maximum atomic E-state index is 12.6. The molecule has 6 nitrogen and oxygen atoms in total. The Hall–Kier alpha value is -2.50. The van der Waals surface area contributed by atoms with E-state index in [1.54, 1.807) is 4.68 Å². The summed E-state index contributed by atoms with van der Waals surface area (Å²) in [6.07, 6.45) is 1.06. The summed E-state index contributed by atoms with van der Waals surface area (Å²) in [6, 6.07) is 4.01. The first-order chi connectivity index (χ1) is 11.9. The van der Waals surface area contributed by atoms with Crippen LogP contribution in [0.3, 0.4) is 0 Å². The molecule has 3 rings (SSSR count). The van der Waals surface area contributed by atoms with Crippen molar-refractivity contribution in [1.29, 1.82) is 0 Å². The van der Waals surface area contributed by atoms with Gasteiger partial charge in [0, 0.05) is 36.8 Å². The second-order valence-electron chi connectivity index (χ2n) is 6.49. The van der Waals surface area contributed by atoms with Crippen LogP contribution in [0.25, 0.3) is 0 Å². The molecule has 0 bridgehead atoms. The first kappa shape index (κ1) is 17.3. The predicted octanol–water partition coefficient (Wildman–Crippen LogP) is 2.69. The molecule has 1 aromatic carbocycles. The third kappa shape index (κ3) is 3.34. The molecule has 1 aliphatic rings. The quantitative estimate of drug-likeness (QED) is 0.906. The van der Waals surface area contributed by atoms with Gasteiger partial charge in [0.15, 0.2) is 0 Å². The Morgan fingerprint density at radius 2 is 2.20 bits per heavy atom. The monoisotopic (exact) mass is 343 g/mol. The molecular formula is C19H25N3O3. The van der Waals surface area contributed by atoms with Crippen LogP contribution in [0, 0.1) is 13.8 Å². The zero-order chi connectivity index (χ0) is 18.1.